The van der Waals surface area contributed by atoms with Gasteiger partial charge in [-0.1, -0.05) is 25.0 Å². The van der Waals surface area contributed by atoms with E-state index < -0.39 is 43.7 Å². The Morgan fingerprint density at radius 3 is 2.38 bits per heavy atom. The molecule has 0 bridgehead atoms. The first-order valence-corrected chi connectivity index (χ1v) is 8.71. The molecular weight excluding hydrogens is 345 g/mol. The highest BCUT2D eigenvalue weighted by Crippen LogP contribution is 2.44. The number of sulfone groups is 1. The number of hydrogen-bond acceptors (Lipinski definition) is 4. The van der Waals surface area contributed by atoms with E-state index >= 15 is 0 Å². The highest BCUT2D eigenvalue weighted by molar-refractivity contribution is 7.93. The third-order valence-electron chi connectivity index (χ3n) is 4.15. The normalized spacial score (nSPS) is 17.2. The van der Waals surface area contributed by atoms with Gasteiger partial charge in [-0.3, -0.25) is 4.79 Å². The summed E-state index contributed by atoms with van der Waals surface area (Å²) in [5.74, 6) is -0.918. The SMILES string of the molecule is N#CCNC(=O)C1(S(=O)(=O)c2ccccc2C(F)(F)F)CCCC1. The van der Waals surface area contributed by atoms with Gasteiger partial charge in [0.25, 0.3) is 0 Å². The van der Waals surface area contributed by atoms with Crippen LogP contribution in [0.2, 0.25) is 0 Å². The van der Waals surface area contributed by atoms with Gasteiger partial charge in [0.1, 0.15) is 6.54 Å². The van der Waals surface area contributed by atoms with Crippen LogP contribution in [0.5, 0.6) is 0 Å². The van der Waals surface area contributed by atoms with Crippen molar-refractivity contribution in [2.24, 2.45) is 0 Å². The number of carbonyl (C=O) groups is 1. The van der Waals surface area contributed by atoms with Gasteiger partial charge in [-0.05, 0) is 25.0 Å². The number of nitrogens with zero attached hydrogens (tertiary/aromatic N) is 1. The lowest BCUT2D eigenvalue weighted by molar-refractivity contribution is -0.140. The van der Waals surface area contributed by atoms with Gasteiger partial charge < -0.3 is 5.32 Å². The summed E-state index contributed by atoms with van der Waals surface area (Å²) in [5.41, 5.74) is -1.29. The smallest absolute Gasteiger partial charge is 0.342 e. The molecule has 0 aliphatic heterocycles. The minimum Gasteiger partial charge on any atom is -0.342 e. The number of hydrogen-bond donors (Lipinski definition) is 1. The van der Waals surface area contributed by atoms with Crippen LogP contribution in [0.25, 0.3) is 0 Å². The molecule has 1 N–H and O–H groups in total. The fourth-order valence-corrected chi connectivity index (χ4v) is 5.28. The van der Waals surface area contributed by atoms with Gasteiger partial charge in [-0.25, -0.2) is 8.42 Å². The summed E-state index contributed by atoms with van der Waals surface area (Å²) in [6.45, 7) is -0.406. The van der Waals surface area contributed by atoms with Crippen molar-refractivity contribution in [3.63, 3.8) is 0 Å². The Labute approximate surface area is 137 Å². The van der Waals surface area contributed by atoms with Gasteiger partial charge in [0.05, 0.1) is 16.5 Å². The Hall–Kier alpha value is -2.08. The highest BCUT2D eigenvalue weighted by Gasteiger charge is 2.54. The number of carbonyl (C=O) groups excluding carboxylic acids is 1. The van der Waals surface area contributed by atoms with Crippen LogP contribution in [0, 0.1) is 11.3 Å². The molecular formula is C15H15F3N2O3S. The Kier molecular flexibility index (Phi) is 4.90. The van der Waals surface area contributed by atoms with Crippen molar-refractivity contribution in [3.8, 4) is 6.07 Å². The Balaban J connectivity index is 2.60. The third-order valence-corrected chi connectivity index (χ3v) is 6.71. The summed E-state index contributed by atoms with van der Waals surface area (Å²) in [6, 6.07) is 5.50. The van der Waals surface area contributed by atoms with E-state index in [1.54, 1.807) is 6.07 Å². The number of alkyl halides is 3. The molecule has 0 radical (unpaired) electrons. The molecule has 1 aromatic rings. The van der Waals surface area contributed by atoms with E-state index in [-0.39, 0.29) is 12.8 Å². The first kappa shape index (κ1) is 18.3. The third kappa shape index (κ3) is 2.98. The summed E-state index contributed by atoms with van der Waals surface area (Å²) >= 11 is 0. The number of nitrogens with one attached hydrogen (secondary N) is 1. The molecule has 130 valence electrons. The fraction of sp³-hybridized carbons (Fsp3) is 0.467. The van der Waals surface area contributed by atoms with Crippen molar-refractivity contribution in [2.45, 2.75) is 41.5 Å². The molecule has 0 heterocycles. The summed E-state index contributed by atoms with van der Waals surface area (Å²) in [7, 11) is -4.59. The molecule has 1 aliphatic rings. The predicted molar refractivity (Wildman–Crippen MR) is 78.5 cm³/mol. The Morgan fingerprint density at radius 1 is 1.25 bits per heavy atom. The maximum atomic E-state index is 13.2. The maximum Gasteiger partial charge on any atom is 0.417 e. The quantitative estimate of drug-likeness (QED) is 0.836. The number of nitriles is 1. The minimum absolute atomic E-state index is 0.0706. The van der Waals surface area contributed by atoms with Gasteiger partial charge in [0.15, 0.2) is 14.6 Å². The second-order valence-corrected chi connectivity index (χ2v) is 7.77. The molecule has 5 nitrogen and oxygen atoms in total. The van der Waals surface area contributed by atoms with E-state index in [1.165, 1.54) is 6.07 Å². The summed E-state index contributed by atoms with van der Waals surface area (Å²) in [5, 5.41) is 10.7. The monoisotopic (exact) mass is 360 g/mol. The fourth-order valence-electron chi connectivity index (χ4n) is 2.99. The molecule has 0 unspecified atom stereocenters. The van der Waals surface area contributed by atoms with E-state index in [4.69, 9.17) is 5.26 Å². The van der Waals surface area contributed by atoms with Crippen molar-refractivity contribution < 1.29 is 26.4 Å². The summed E-state index contributed by atoms with van der Waals surface area (Å²) < 4.78 is 63.6. The molecule has 1 aromatic carbocycles. The number of rotatable bonds is 4. The molecule has 24 heavy (non-hydrogen) atoms. The van der Waals surface area contributed by atoms with Gasteiger partial charge in [0, 0.05) is 0 Å². The van der Waals surface area contributed by atoms with Crippen molar-refractivity contribution in [2.75, 3.05) is 6.54 Å². The van der Waals surface area contributed by atoms with E-state index in [2.05, 4.69) is 5.32 Å². The standard InChI is InChI=1S/C15H15F3N2O3S/c16-15(17,18)11-5-1-2-6-12(11)24(22,23)14(7-3-4-8-14)13(21)20-10-9-19/h1-2,5-6H,3-4,7-8,10H2,(H,20,21). The second kappa shape index (κ2) is 6.43. The van der Waals surface area contributed by atoms with Crippen LogP contribution >= 0.6 is 0 Å². The minimum atomic E-state index is -4.85. The lowest BCUT2D eigenvalue weighted by Gasteiger charge is -2.28. The average Bonchev–Trinajstić information content (AvgIpc) is 3.03. The molecule has 1 amide bonds. The largest absolute Gasteiger partial charge is 0.417 e. The molecule has 0 spiro atoms. The van der Waals surface area contributed by atoms with E-state index in [1.807, 2.05) is 0 Å². The Morgan fingerprint density at radius 2 is 1.83 bits per heavy atom. The van der Waals surface area contributed by atoms with Crippen LogP contribution in [-0.2, 0) is 20.8 Å². The number of amides is 1. The van der Waals surface area contributed by atoms with Crippen LogP contribution in [-0.4, -0.2) is 25.6 Å². The number of halogens is 3. The first-order chi connectivity index (χ1) is 11.2. The lowest BCUT2D eigenvalue weighted by Crippen LogP contribution is -2.51. The van der Waals surface area contributed by atoms with Gasteiger partial charge in [0.2, 0.25) is 5.91 Å². The van der Waals surface area contributed by atoms with Gasteiger partial charge in [-0.15, -0.1) is 0 Å². The zero-order valence-corrected chi connectivity index (χ0v) is 13.4. The Bertz CT molecular complexity index is 776. The molecule has 0 saturated heterocycles. The number of benzene rings is 1. The maximum absolute atomic E-state index is 13.2. The van der Waals surface area contributed by atoms with Crippen LogP contribution in [0.4, 0.5) is 13.2 Å². The first-order valence-electron chi connectivity index (χ1n) is 7.23. The predicted octanol–water partition coefficient (Wildman–Crippen LogP) is 2.43. The van der Waals surface area contributed by atoms with Crippen LogP contribution in [0.3, 0.4) is 0 Å². The van der Waals surface area contributed by atoms with Crippen LogP contribution < -0.4 is 5.32 Å². The van der Waals surface area contributed by atoms with Crippen molar-refractivity contribution in [3.05, 3.63) is 29.8 Å². The summed E-state index contributed by atoms with van der Waals surface area (Å²) in [4.78, 5) is 11.5. The van der Waals surface area contributed by atoms with Gasteiger partial charge in [-0.2, -0.15) is 18.4 Å². The molecule has 9 heteroatoms. The topological polar surface area (TPSA) is 87.0 Å². The van der Waals surface area contributed by atoms with E-state index in [0.717, 1.165) is 12.1 Å². The second-order valence-electron chi connectivity index (χ2n) is 5.54. The van der Waals surface area contributed by atoms with Crippen LogP contribution in [0.1, 0.15) is 31.2 Å². The molecule has 1 saturated carbocycles. The van der Waals surface area contributed by atoms with Crippen LogP contribution in [0.15, 0.2) is 29.2 Å². The van der Waals surface area contributed by atoms with E-state index in [0.29, 0.717) is 18.9 Å². The van der Waals surface area contributed by atoms with Crippen molar-refractivity contribution in [1.82, 2.24) is 5.32 Å². The molecule has 1 fully saturated rings. The molecule has 2 rings (SSSR count). The molecule has 0 aromatic heterocycles. The average molecular weight is 360 g/mol. The lowest BCUT2D eigenvalue weighted by atomic mass is 10.1. The van der Waals surface area contributed by atoms with Crippen molar-refractivity contribution >= 4 is 15.7 Å². The molecule has 0 atom stereocenters. The van der Waals surface area contributed by atoms with Crippen molar-refractivity contribution in [1.29, 1.82) is 5.26 Å². The van der Waals surface area contributed by atoms with Gasteiger partial charge >= 0.3 is 6.18 Å². The summed E-state index contributed by atoms with van der Waals surface area (Å²) in [6.07, 6.45) is -4.18. The highest BCUT2D eigenvalue weighted by atomic mass is 32.2. The zero-order valence-electron chi connectivity index (χ0n) is 12.6. The zero-order chi connectivity index (χ0) is 18.0. The van der Waals surface area contributed by atoms with E-state index in [9.17, 15) is 26.4 Å². The molecule has 1 aliphatic carbocycles.